The van der Waals surface area contributed by atoms with Crippen molar-refractivity contribution in [3.05, 3.63) is 0 Å². The van der Waals surface area contributed by atoms with Crippen molar-refractivity contribution < 1.29 is 23.4 Å². The summed E-state index contributed by atoms with van der Waals surface area (Å²) in [5.74, 6) is -0.502. The maximum atomic E-state index is 11.0. The second-order valence-corrected chi connectivity index (χ2v) is 7.55. The van der Waals surface area contributed by atoms with Gasteiger partial charge >= 0.3 is 15.6 Å². The van der Waals surface area contributed by atoms with Crippen molar-refractivity contribution >= 4 is 27.6 Å². The first-order chi connectivity index (χ1) is 6.97. The van der Waals surface area contributed by atoms with Gasteiger partial charge in [0.2, 0.25) is 0 Å². The van der Waals surface area contributed by atoms with Crippen molar-refractivity contribution in [1.29, 1.82) is 0 Å². The molecule has 15 heavy (non-hydrogen) atoms. The first kappa shape index (κ1) is 13.6. The standard InChI is InChI=1S/C6H13NO5P2S/c8-13(6-14(9,10)11)12-5-15-7-3-1-2-4-7/h1-6H2,(H-,9,10,11)/p+1. The van der Waals surface area contributed by atoms with Crippen LogP contribution in [0, 0.1) is 0 Å². The summed E-state index contributed by atoms with van der Waals surface area (Å²) in [6.07, 6.45) is 2.31. The van der Waals surface area contributed by atoms with Crippen LogP contribution in [0.4, 0.5) is 0 Å². The molecule has 1 atom stereocenters. The van der Waals surface area contributed by atoms with E-state index in [9.17, 15) is 9.13 Å². The largest absolute Gasteiger partial charge is 0.521 e. The maximum Gasteiger partial charge on any atom is 0.521 e. The van der Waals surface area contributed by atoms with Crippen LogP contribution in [0.2, 0.25) is 0 Å². The molecule has 0 saturated carbocycles. The second kappa shape index (κ2) is 6.30. The highest BCUT2D eigenvalue weighted by Crippen LogP contribution is 2.45. The lowest BCUT2D eigenvalue weighted by Gasteiger charge is -2.09. The number of hydrogen-bond acceptors (Lipinski definition) is 5. The van der Waals surface area contributed by atoms with Crippen LogP contribution in [0.5, 0.6) is 0 Å². The Bertz CT molecular complexity index is 264. The van der Waals surface area contributed by atoms with Gasteiger partial charge in [-0.05, 0) is 29.4 Å². The molecule has 1 aliphatic rings. The molecule has 0 amide bonds. The fourth-order valence-corrected chi connectivity index (χ4v) is 4.02. The van der Waals surface area contributed by atoms with Crippen LogP contribution < -0.4 is 0 Å². The van der Waals surface area contributed by atoms with Crippen LogP contribution in [-0.4, -0.2) is 39.0 Å². The van der Waals surface area contributed by atoms with Gasteiger partial charge in [-0.3, -0.25) is 4.57 Å². The molecule has 1 heterocycles. The zero-order valence-corrected chi connectivity index (χ0v) is 10.7. The smallest absolute Gasteiger partial charge is 0.321 e. The zero-order valence-electron chi connectivity index (χ0n) is 8.11. The van der Waals surface area contributed by atoms with Gasteiger partial charge in [0, 0.05) is 13.1 Å². The fourth-order valence-electron chi connectivity index (χ4n) is 1.17. The molecule has 1 rings (SSSR count). The first-order valence-corrected chi connectivity index (χ1v) is 8.58. The molecule has 0 aromatic heterocycles. The lowest BCUT2D eigenvalue weighted by Crippen LogP contribution is -2.10. The lowest BCUT2D eigenvalue weighted by atomic mass is 10.4. The molecular weight excluding hydrogens is 260 g/mol. The predicted octanol–water partition coefficient (Wildman–Crippen LogP) is 1.58. The summed E-state index contributed by atoms with van der Waals surface area (Å²) in [7, 11) is -6.47. The van der Waals surface area contributed by atoms with Gasteiger partial charge < -0.3 is 9.79 Å². The summed E-state index contributed by atoms with van der Waals surface area (Å²) in [5.41, 5.74) is 0. The highest BCUT2D eigenvalue weighted by Gasteiger charge is 2.31. The summed E-state index contributed by atoms with van der Waals surface area (Å²) in [4.78, 5) is 17.1. The molecule has 9 heteroatoms. The average Bonchev–Trinajstić information content (AvgIpc) is 2.53. The van der Waals surface area contributed by atoms with Gasteiger partial charge in [0.1, 0.15) is 0 Å². The molecule has 1 unspecified atom stereocenters. The molecule has 88 valence electrons. The molecule has 0 radical (unpaired) electrons. The van der Waals surface area contributed by atoms with E-state index in [1.165, 1.54) is 11.9 Å². The molecule has 0 spiro atoms. The Morgan fingerprint density at radius 2 is 2.00 bits per heavy atom. The molecule has 0 bridgehead atoms. The Balaban J connectivity index is 2.09. The predicted molar refractivity (Wildman–Crippen MR) is 58.9 cm³/mol. The normalized spacial score (nSPS) is 19.5. The van der Waals surface area contributed by atoms with E-state index in [1.54, 1.807) is 0 Å². The molecule has 0 aromatic carbocycles. The second-order valence-electron chi connectivity index (χ2n) is 3.15. The number of rotatable bonds is 6. The van der Waals surface area contributed by atoms with Gasteiger partial charge in [-0.15, -0.1) is 4.52 Å². The fraction of sp³-hybridized carbons (Fsp3) is 1.00. The summed E-state index contributed by atoms with van der Waals surface area (Å²) in [6, 6.07) is 0. The highest BCUT2D eigenvalue weighted by atomic mass is 32.2. The van der Waals surface area contributed by atoms with Gasteiger partial charge in [0.05, 0.1) is 0 Å². The van der Waals surface area contributed by atoms with Crippen LogP contribution in [0.25, 0.3) is 0 Å². The number of hydrogen-bond donors (Lipinski definition) is 2. The van der Waals surface area contributed by atoms with E-state index in [2.05, 4.69) is 4.31 Å². The van der Waals surface area contributed by atoms with Gasteiger partial charge in [-0.2, -0.15) is 0 Å². The van der Waals surface area contributed by atoms with E-state index in [1.807, 2.05) is 0 Å². The Hall–Kier alpha value is 0.520. The van der Waals surface area contributed by atoms with Crippen LogP contribution in [0.15, 0.2) is 0 Å². The van der Waals surface area contributed by atoms with Crippen molar-refractivity contribution in [2.75, 3.05) is 24.9 Å². The average molecular weight is 274 g/mol. The van der Waals surface area contributed by atoms with Crippen LogP contribution in [0.3, 0.4) is 0 Å². The third kappa shape index (κ3) is 6.64. The van der Waals surface area contributed by atoms with Gasteiger partial charge in [-0.1, -0.05) is 0 Å². The summed E-state index contributed by atoms with van der Waals surface area (Å²) < 4.78 is 28.4. The zero-order chi connectivity index (χ0) is 11.3. The topological polar surface area (TPSA) is 87.1 Å². The van der Waals surface area contributed by atoms with E-state index >= 15 is 0 Å². The highest BCUT2D eigenvalue weighted by molar-refractivity contribution is 7.97. The van der Waals surface area contributed by atoms with Crippen LogP contribution in [-0.2, 0) is 13.7 Å². The maximum absolute atomic E-state index is 11.0. The van der Waals surface area contributed by atoms with E-state index in [0.717, 1.165) is 25.9 Å². The quantitative estimate of drug-likeness (QED) is 0.432. The Morgan fingerprint density at radius 1 is 1.40 bits per heavy atom. The molecule has 0 aliphatic carbocycles. The molecular formula is C6H14NO5P2S+. The van der Waals surface area contributed by atoms with E-state index in [4.69, 9.17) is 14.3 Å². The Morgan fingerprint density at radius 3 is 2.53 bits per heavy atom. The minimum atomic E-state index is -4.22. The first-order valence-electron chi connectivity index (χ1n) is 4.47. The molecule has 0 aromatic rings. The van der Waals surface area contributed by atoms with E-state index in [-0.39, 0.29) is 5.94 Å². The van der Waals surface area contributed by atoms with Crippen LogP contribution in [0.1, 0.15) is 12.8 Å². The Labute approximate surface area is 93.5 Å². The van der Waals surface area contributed by atoms with Crippen molar-refractivity contribution in [2.24, 2.45) is 0 Å². The third-order valence-corrected chi connectivity index (χ3v) is 5.74. The summed E-state index contributed by atoms with van der Waals surface area (Å²) in [6.45, 7) is 1.98. The van der Waals surface area contributed by atoms with E-state index < -0.39 is 21.5 Å². The molecule has 1 saturated heterocycles. The van der Waals surface area contributed by atoms with E-state index in [0.29, 0.717) is 0 Å². The van der Waals surface area contributed by atoms with Crippen molar-refractivity contribution in [3.8, 4) is 0 Å². The molecule has 1 fully saturated rings. The minimum Gasteiger partial charge on any atom is -0.321 e. The molecule has 6 nitrogen and oxygen atoms in total. The van der Waals surface area contributed by atoms with Gasteiger partial charge in [0.25, 0.3) is 5.90 Å². The third-order valence-electron chi connectivity index (χ3n) is 1.80. The van der Waals surface area contributed by atoms with Gasteiger partial charge in [0.15, 0.2) is 5.94 Å². The number of nitrogens with zero attached hydrogens (tertiary/aromatic N) is 1. The summed E-state index contributed by atoms with van der Waals surface area (Å²) >= 11 is 1.41. The minimum absolute atomic E-state index is 0.190. The van der Waals surface area contributed by atoms with Crippen molar-refractivity contribution in [1.82, 2.24) is 4.31 Å². The SMILES string of the molecule is O=[P+](CP(=O)(O)O)OCSN1CCCC1. The lowest BCUT2D eigenvalue weighted by molar-refractivity contribution is 0.368. The van der Waals surface area contributed by atoms with Gasteiger partial charge in [-0.25, -0.2) is 4.31 Å². The van der Waals surface area contributed by atoms with Crippen LogP contribution >= 0.6 is 27.6 Å². The molecule has 1 aliphatic heterocycles. The summed E-state index contributed by atoms with van der Waals surface area (Å²) in [5, 5.41) is 0. The Kier molecular flexibility index (Phi) is 5.71. The monoisotopic (exact) mass is 274 g/mol. The molecule has 2 N–H and O–H groups in total. The van der Waals surface area contributed by atoms with Crippen molar-refractivity contribution in [3.63, 3.8) is 0 Å². The van der Waals surface area contributed by atoms with Crippen molar-refractivity contribution in [2.45, 2.75) is 12.8 Å².